The van der Waals surface area contributed by atoms with Crippen LogP contribution in [0.3, 0.4) is 0 Å². The van der Waals surface area contributed by atoms with Gasteiger partial charge in [-0.05, 0) is 29.1 Å². The Morgan fingerprint density at radius 2 is 1.95 bits per heavy atom. The SMILES string of the molecule is Cl.OCC(F)(F)[C@H](c1ccc2[nH]ccc2c1)N1CCNCC1. The maximum absolute atomic E-state index is 14.3. The van der Waals surface area contributed by atoms with Gasteiger partial charge >= 0.3 is 0 Å². The number of hydrogen-bond donors (Lipinski definition) is 3. The third-order valence-corrected chi connectivity index (χ3v) is 4.02. The predicted molar refractivity (Wildman–Crippen MR) is 84.8 cm³/mol. The lowest BCUT2D eigenvalue weighted by molar-refractivity contribution is -0.118. The van der Waals surface area contributed by atoms with Crippen molar-refractivity contribution < 1.29 is 13.9 Å². The summed E-state index contributed by atoms with van der Waals surface area (Å²) in [6, 6.07) is 6.08. The first-order valence-electron chi connectivity index (χ1n) is 7.12. The summed E-state index contributed by atoms with van der Waals surface area (Å²) in [5.74, 6) is -3.17. The van der Waals surface area contributed by atoms with E-state index in [1.54, 1.807) is 23.2 Å². The van der Waals surface area contributed by atoms with E-state index in [-0.39, 0.29) is 12.4 Å². The number of H-pyrrole nitrogens is 1. The lowest BCUT2D eigenvalue weighted by atomic mass is 9.97. The van der Waals surface area contributed by atoms with Crippen LogP contribution in [0.5, 0.6) is 0 Å². The molecule has 4 nitrogen and oxygen atoms in total. The molecule has 1 aromatic heterocycles. The highest BCUT2D eigenvalue weighted by Gasteiger charge is 2.44. The van der Waals surface area contributed by atoms with Crippen molar-refractivity contribution >= 4 is 23.3 Å². The third-order valence-electron chi connectivity index (χ3n) is 4.02. The molecule has 1 fully saturated rings. The van der Waals surface area contributed by atoms with Crippen molar-refractivity contribution in [2.45, 2.75) is 12.0 Å². The Balaban J connectivity index is 0.00000176. The van der Waals surface area contributed by atoms with Gasteiger partial charge in [0.2, 0.25) is 0 Å². The van der Waals surface area contributed by atoms with Crippen LogP contribution in [-0.2, 0) is 0 Å². The first-order chi connectivity index (χ1) is 10.1. The first kappa shape index (κ1) is 17.1. The van der Waals surface area contributed by atoms with Gasteiger partial charge in [-0.25, -0.2) is 8.78 Å². The summed E-state index contributed by atoms with van der Waals surface area (Å²) >= 11 is 0. The minimum atomic E-state index is -3.17. The van der Waals surface area contributed by atoms with Crippen LogP contribution in [0.4, 0.5) is 8.78 Å². The Bertz CT molecular complexity index is 614. The molecule has 0 amide bonds. The molecule has 0 bridgehead atoms. The minimum Gasteiger partial charge on any atom is -0.390 e. The van der Waals surface area contributed by atoms with Gasteiger partial charge in [0.15, 0.2) is 0 Å². The molecule has 0 saturated carbocycles. The molecule has 2 heterocycles. The van der Waals surface area contributed by atoms with E-state index in [0.717, 1.165) is 10.9 Å². The number of alkyl halides is 2. The quantitative estimate of drug-likeness (QED) is 0.805. The zero-order valence-electron chi connectivity index (χ0n) is 12.1. The van der Waals surface area contributed by atoms with Crippen molar-refractivity contribution in [2.75, 3.05) is 32.8 Å². The summed E-state index contributed by atoms with van der Waals surface area (Å²) in [6.07, 6.45) is 1.79. The van der Waals surface area contributed by atoms with E-state index < -0.39 is 18.6 Å². The van der Waals surface area contributed by atoms with Gasteiger partial charge in [-0.1, -0.05) is 6.07 Å². The zero-order valence-corrected chi connectivity index (χ0v) is 12.9. The highest BCUT2D eigenvalue weighted by atomic mass is 35.5. The molecule has 1 aliphatic heterocycles. The number of nitrogens with one attached hydrogen (secondary N) is 2. The number of hydrogen-bond acceptors (Lipinski definition) is 3. The van der Waals surface area contributed by atoms with Crippen molar-refractivity contribution in [3.05, 3.63) is 36.0 Å². The number of aliphatic hydroxyl groups is 1. The average molecular weight is 332 g/mol. The standard InChI is InChI=1S/C15H19F2N3O.ClH/c16-15(17,10-21)14(20-7-5-18-6-8-20)12-1-2-13-11(9-12)3-4-19-13;/h1-4,9,14,18-19,21H,5-8,10H2;1H/t14-;/m0./s1. The summed E-state index contributed by atoms with van der Waals surface area (Å²) in [5.41, 5.74) is 1.47. The number of aliphatic hydroxyl groups excluding tert-OH is 1. The molecule has 0 spiro atoms. The van der Waals surface area contributed by atoms with E-state index in [4.69, 9.17) is 5.11 Å². The van der Waals surface area contributed by atoms with Crippen molar-refractivity contribution in [1.29, 1.82) is 0 Å². The number of benzene rings is 1. The molecule has 2 aromatic rings. The Hall–Kier alpha value is -1.21. The summed E-state index contributed by atoms with van der Waals surface area (Å²) in [4.78, 5) is 4.81. The predicted octanol–water partition coefficient (Wildman–Crippen LogP) is 2.16. The normalized spacial score (nSPS) is 18.1. The van der Waals surface area contributed by atoms with Crippen molar-refractivity contribution in [3.63, 3.8) is 0 Å². The van der Waals surface area contributed by atoms with Crippen molar-refractivity contribution in [1.82, 2.24) is 15.2 Å². The number of aromatic amines is 1. The molecule has 3 rings (SSSR count). The number of piperazine rings is 1. The number of aromatic nitrogens is 1. The lowest BCUT2D eigenvalue weighted by Crippen LogP contribution is -2.51. The van der Waals surface area contributed by atoms with Gasteiger partial charge in [-0.2, -0.15) is 0 Å². The molecular weight excluding hydrogens is 312 g/mol. The molecular formula is C15H20ClF2N3O. The number of nitrogens with zero attached hydrogens (tertiary/aromatic N) is 1. The highest BCUT2D eigenvalue weighted by molar-refractivity contribution is 5.85. The fourth-order valence-corrected chi connectivity index (χ4v) is 2.99. The molecule has 1 atom stereocenters. The fraction of sp³-hybridized carbons (Fsp3) is 0.467. The zero-order chi connectivity index (χ0) is 14.9. The fourth-order valence-electron chi connectivity index (χ4n) is 2.99. The second kappa shape index (κ2) is 6.91. The van der Waals surface area contributed by atoms with Gasteiger partial charge in [0.25, 0.3) is 5.92 Å². The van der Waals surface area contributed by atoms with E-state index in [1.165, 1.54) is 0 Å². The molecule has 22 heavy (non-hydrogen) atoms. The lowest BCUT2D eigenvalue weighted by Gasteiger charge is -2.38. The molecule has 0 aliphatic carbocycles. The number of fused-ring (bicyclic) bond motifs is 1. The number of halogens is 3. The van der Waals surface area contributed by atoms with Crippen molar-refractivity contribution in [2.24, 2.45) is 0 Å². The van der Waals surface area contributed by atoms with Gasteiger partial charge in [-0.15, -0.1) is 12.4 Å². The summed E-state index contributed by atoms with van der Waals surface area (Å²) in [6.45, 7) is 1.32. The third kappa shape index (κ3) is 3.25. The topological polar surface area (TPSA) is 51.3 Å². The number of rotatable bonds is 4. The molecule has 3 N–H and O–H groups in total. The van der Waals surface area contributed by atoms with Gasteiger partial charge in [0.1, 0.15) is 12.6 Å². The Kier molecular flexibility index (Phi) is 5.39. The molecule has 1 aromatic carbocycles. The van der Waals surface area contributed by atoms with Crippen LogP contribution in [0.25, 0.3) is 10.9 Å². The average Bonchev–Trinajstić information content (AvgIpc) is 2.96. The molecule has 0 radical (unpaired) electrons. The molecule has 7 heteroatoms. The van der Waals surface area contributed by atoms with E-state index in [1.807, 2.05) is 12.1 Å². The van der Waals surface area contributed by atoms with E-state index in [0.29, 0.717) is 31.7 Å². The summed E-state index contributed by atoms with van der Waals surface area (Å²) < 4.78 is 28.6. The molecule has 1 aliphatic rings. The van der Waals surface area contributed by atoms with E-state index in [9.17, 15) is 8.78 Å². The van der Waals surface area contributed by atoms with E-state index in [2.05, 4.69) is 10.3 Å². The Morgan fingerprint density at radius 3 is 2.64 bits per heavy atom. The van der Waals surface area contributed by atoms with Crippen LogP contribution < -0.4 is 5.32 Å². The van der Waals surface area contributed by atoms with Crippen LogP contribution >= 0.6 is 12.4 Å². The van der Waals surface area contributed by atoms with E-state index >= 15 is 0 Å². The molecule has 1 saturated heterocycles. The maximum atomic E-state index is 14.3. The Labute approximate surface area is 133 Å². The second-order valence-corrected chi connectivity index (χ2v) is 5.43. The van der Waals surface area contributed by atoms with Crippen LogP contribution in [0.15, 0.2) is 30.5 Å². The minimum absolute atomic E-state index is 0. The second-order valence-electron chi connectivity index (χ2n) is 5.43. The highest BCUT2D eigenvalue weighted by Crippen LogP contribution is 2.37. The maximum Gasteiger partial charge on any atom is 0.289 e. The van der Waals surface area contributed by atoms with Crippen LogP contribution in [0, 0.1) is 0 Å². The van der Waals surface area contributed by atoms with Gasteiger partial charge in [0, 0.05) is 37.9 Å². The largest absolute Gasteiger partial charge is 0.390 e. The summed E-state index contributed by atoms with van der Waals surface area (Å²) in [5, 5.41) is 13.2. The van der Waals surface area contributed by atoms with Crippen molar-refractivity contribution in [3.8, 4) is 0 Å². The summed E-state index contributed by atoms with van der Waals surface area (Å²) in [7, 11) is 0. The van der Waals surface area contributed by atoms with Gasteiger partial charge in [0.05, 0.1) is 0 Å². The molecule has 0 unspecified atom stereocenters. The first-order valence-corrected chi connectivity index (χ1v) is 7.12. The smallest absolute Gasteiger partial charge is 0.289 e. The van der Waals surface area contributed by atoms with Gasteiger partial charge in [-0.3, -0.25) is 4.90 Å². The van der Waals surface area contributed by atoms with Gasteiger partial charge < -0.3 is 15.4 Å². The molecule has 122 valence electrons. The monoisotopic (exact) mass is 331 g/mol. The van der Waals surface area contributed by atoms with Crippen LogP contribution in [-0.4, -0.2) is 53.7 Å². The van der Waals surface area contributed by atoms with Crippen LogP contribution in [0.1, 0.15) is 11.6 Å². The Morgan fingerprint density at radius 1 is 1.23 bits per heavy atom. The van der Waals surface area contributed by atoms with Crippen LogP contribution in [0.2, 0.25) is 0 Å².